The number of carboxylic acid groups (broad SMARTS) is 1. The number of benzene rings is 1. The number of phenols is 1. The summed E-state index contributed by atoms with van der Waals surface area (Å²) in [5, 5.41) is 21.1. The molecule has 3 rings (SSSR count). The Morgan fingerprint density at radius 3 is 2.30 bits per heavy atom. The second kappa shape index (κ2) is 4.79. The first kappa shape index (κ1) is 12.9. The molecule has 3 N–H and O–H groups in total. The Kier molecular flexibility index (Phi) is 3.10. The third kappa shape index (κ3) is 2.12. The van der Waals surface area contributed by atoms with Crippen molar-refractivity contribution in [3.63, 3.8) is 0 Å². The molecule has 0 radical (unpaired) electrons. The number of carbonyl (C=O) groups is 2. The molecule has 0 saturated carbocycles. The molecule has 0 spiro atoms. The highest BCUT2D eigenvalue weighted by Crippen LogP contribution is 2.44. The third-order valence-electron chi connectivity index (χ3n) is 4.00. The molecule has 6 nitrogen and oxygen atoms in total. The number of hydrogen-bond donors (Lipinski definition) is 3. The monoisotopic (exact) mass is 277 g/mol. The van der Waals surface area contributed by atoms with Crippen LogP contribution in [0.3, 0.4) is 0 Å². The fraction of sp³-hybridized carbons (Fsp3) is 0.429. The number of ether oxygens (including phenoxy) is 1. The van der Waals surface area contributed by atoms with Crippen LogP contribution in [0, 0.1) is 11.8 Å². The Morgan fingerprint density at radius 1 is 1.10 bits per heavy atom. The zero-order valence-corrected chi connectivity index (χ0v) is 10.7. The highest BCUT2D eigenvalue weighted by Gasteiger charge is 2.55. The van der Waals surface area contributed by atoms with E-state index in [1.54, 1.807) is 12.1 Å². The first-order valence-corrected chi connectivity index (χ1v) is 6.54. The first-order chi connectivity index (χ1) is 9.56. The Morgan fingerprint density at radius 2 is 1.70 bits per heavy atom. The lowest BCUT2D eigenvalue weighted by molar-refractivity contribution is -0.147. The van der Waals surface area contributed by atoms with Gasteiger partial charge in [-0.2, -0.15) is 0 Å². The van der Waals surface area contributed by atoms with E-state index in [0.29, 0.717) is 12.1 Å². The van der Waals surface area contributed by atoms with Crippen molar-refractivity contribution in [1.29, 1.82) is 0 Å². The third-order valence-corrected chi connectivity index (χ3v) is 4.00. The van der Waals surface area contributed by atoms with E-state index in [-0.39, 0.29) is 23.9 Å². The largest absolute Gasteiger partial charge is 0.508 e. The molecule has 2 aliphatic heterocycles. The van der Waals surface area contributed by atoms with E-state index >= 15 is 0 Å². The van der Waals surface area contributed by atoms with Gasteiger partial charge in [0, 0.05) is 5.69 Å². The number of anilines is 1. The molecule has 1 aromatic rings. The average Bonchev–Trinajstić information content (AvgIpc) is 3.01. The van der Waals surface area contributed by atoms with Crippen molar-refractivity contribution in [2.45, 2.75) is 25.0 Å². The van der Waals surface area contributed by atoms with Crippen molar-refractivity contribution in [1.82, 2.24) is 0 Å². The molecule has 2 heterocycles. The minimum Gasteiger partial charge on any atom is -0.508 e. The van der Waals surface area contributed by atoms with Crippen LogP contribution in [0.4, 0.5) is 5.69 Å². The minimum absolute atomic E-state index is 0.106. The van der Waals surface area contributed by atoms with Gasteiger partial charge in [0.1, 0.15) is 5.75 Å². The molecular formula is C14H15NO5. The van der Waals surface area contributed by atoms with Crippen LogP contribution >= 0.6 is 0 Å². The normalized spacial score (nSPS) is 31.2. The van der Waals surface area contributed by atoms with E-state index in [1.807, 2.05) is 0 Å². The number of fused-ring (bicyclic) bond motifs is 2. The van der Waals surface area contributed by atoms with Gasteiger partial charge in [0.05, 0.1) is 24.0 Å². The van der Waals surface area contributed by atoms with Gasteiger partial charge < -0.3 is 20.3 Å². The number of aliphatic carboxylic acids is 1. The number of hydrogen-bond acceptors (Lipinski definition) is 4. The van der Waals surface area contributed by atoms with E-state index in [4.69, 9.17) is 4.74 Å². The highest BCUT2D eigenvalue weighted by molar-refractivity contribution is 5.96. The van der Waals surface area contributed by atoms with Gasteiger partial charge in [-0.3, -0.25) is 9.59 Å². The van der Waals surface area contributed by atoms with Gasteiger partial charge in [0.15, 0.2) is 0 Å². The lowest BCUT2D eigenvalue weighted by atomic mass is 9.78. The summed E-state index contributed by atoms with van der Waals surface area (Å²) in [6, 6.07) is 6.05. The summed E-state index contributed by atoms with van der Waals surface area (Å²) in [5.41, 5.74) is 0.528. The van der Waals surface area contributed by atoms with Gasteiger partial charge in [-0.05, 0) is 37.1 Å². The quantitative estimate of drug-likeness (QED) is 0.722. The minimum atomic E-state index is -0.983. The maximum absolute atomic E-state index is 12.3. The second-order valence-corrected chi connectivity index (χ2v) is 5.22. The van der Waals surface area contributed by atoms with Crippen LogP contribution in [0.1, 0.15) is 12.8 Å². The topological polar surface area (TPSA) is 95.9 Å². The SMILES string of the molecule is O=C(O)[C@H]1[C@H](C(=O)Nc2ccc(O)cc2)[C@H]2CC[C@H]1O2. The molecule has 106 valence electrons. The van der Waals surface area contributed by atoms with E-state index in [2.05, 4.69) is 5.32 Å². The zero-order chi connectivity index (χ0) is 14.3. The molecule has 20 heavy (non-hydrogen) atoms. The van der Waals surface area contributed by atoms with Crippen molar-refractivity contribution >= 4 is 17.6 Å². The Balaban J connectivity index is 1.76. The summed E-state index contributed by atoms with van der Waals surface area (Å²) in [5.74, 6) is -2.64. The smallest absolute Gasteiger partial charge is 0.310 e. The maximum Gasteiger partial charge on any atom is 0.310 e. The molecular weight excluding hydrogens is 262 g/mol. The van der Waals surface area contributed by atoms with Gasteiger partial charge in [-0.25, -0.2) is 0 Å². The number of rotatable bonds is 3. The summed E-state index contributed by atoms with van der Waals surface area (Å²) in [6.45, 7) is 0. The standard InChI is InChI=1S/C14H15NO5/c16-8-3-1-7(2-4-8)15-13(17)11-9-5-6-10(20-9)12(11)14(18)19/h1-4,9-12,16H,5-6H2,(H,15,17)(H,18,19)/t9-,10-,11-,12-/m1/s1. The molecule has 0 aliphatic carbocycles. The van der Waals surface area contributed by atoms with Crippen molar-refractivity contribution < 1.29 is 24.5 Å². The fourth-order valence-corrected chi connectivity index (χ4v) is 3.09. The molecule has 1 aromatic carbocycles. The van der Waals surface area contributed by atoms with Crippen LogP contribution in [-0.2, 0) is 14.3 Å². The Labute approximate surface area is 115 Å². The van der Waals surface area contributed by atoms with Crippen LogP contribution in [0.25, 0.3) is 0 Å². The summed E-state index contributed by atoms with van der Waals surface area (Å²) in [4.78, 5) is 23.6. The Bertz CT molecular complexity index is 541. The number of carbonyl (C=O) groups excluding carboxylic acids is 1. The van der Waals surface area contributed by atoms with Crippen LogP contribution < -0.4 is 5.32 Å². The molecule has 6 heteroatoms. The molecule has 1 amide bonds. The van der Waals surface area contributed by atoms with Crippen molar-refractivity contribution in [2.24, 2.45) is 11.8 Å². The zero-order valence-electron chi connectivity index (χ0n) is 10.7. The number of phenolic OH excluding ortho intramolecular Hbond substituents is 1. The van der Waals surface area contributed by atoms with Crippen LogP contribution in [0.5, 0.6) is 5.75 Å². The van der Waals surface area contributed by atoms with E-state index in [9.17, 15) is 19.8 Å². The fourth-order valence-electron chi connectivity index (χ4n) is 3.09. The van der Waals surface area contributed by atoms with Gasteiger partial charge in [0.25, 0.3) is 0 Å². The Hall–Kier alpha value is -2.08. The van der Waals surface area contributed by atoms with Gasteiger partial charge >= 0.3 is 5.97 Å². The predicted molar refractivity (Wildman–Crippen MR) is 69.2 cm³/mol. The average molecular weight is 277 g/mol. The van der Waals surface area contributed by atoms with Crippen LogP contribution in [0.15, 0.2) is 24.3 Å². The van der Waals surface area contributed by atoms with E-state index in [1.165, 1.54) is 12.1 Å². The van der Waals surface area contributed by atoms with Gasteiger partial charge in [-0.15, -0.1) is 0 Å². The maximum atomic E-state index is 12.3. The predicted octanol–water partition coefficient (Wildman–Crippen LogP) is 1.21. The molecule has 0 unspecified atom stereocenters. The number of carboxylic acids is 1. The van der Waals surface area contributed by atoms with Crippen LogP contribution in [-0.4, -0.2) is 34.3 Å². The van der Waals surface area contributed by atoms with E-state index < -0.39 is 17.8 Å². The summed E-state index contributed by atoms with van der Waals surface area (Å²) in [7, 11) is 0. The van der Waals surface area contributed by atoms with Gasteiger partial charge in [-0.1, -0.05) is 0 Å². The van der Waals surface area contributed by atoms with Crippen molar-refractivity contribution in [3.05, 3.63) is 24.3 Å². The summed E-state index contributed by atoms with van der Waals surface area (Å²) in [6.07, 6.45) is 0.762. The first-order valence-electron chi connectivity index (χ1n) is 6.54. The molecule has 2 saturated heterocycles. The number of aromatic hydroxyl groups is 1. The summed E-state index contributed by atoms with van der Waals surface area (Å²) < 4.78 is 5.56. The van der Waals surface area contributed by atoms with Crippen LogP contribution in [0.2, 0.25) is 0 Å². The highest BCUT2D eigenvalue weighted by atomic mass is 16.5. The molecule has 2 fully saturated rings. The van der Waals surface area contributed by atoms with Gasteiger partial charge in [0.2, 0.25) is 5.91 Å². The number of nitrogens with one attached hydrogen (secondary N) is 1. The molecule has 0 aromatic heterocycles. The lowest BCUT2D eigenvalue weighted by Crippen LogP contribution is -2.40. The van der Waals surface area contributed by atoms with Crippen molar-refractivity contribution in [2.75, 3.05) is 5.32 Å². The number of amides is 1. The summed E-state index contributed by atoms with van der Waals surface area (Å²) >= 11 is 0. The molecule has 2 aliphatic rings. The lowest BCUT2D eigenvalue weighted by Gasteiger charge is -2.23. The van der Waals surface area contributed by atoms with Crippen molar-refractivity contribution in [3.8, 4) is 5.75 Å². The second-order valence-electron chi connectivity index (χ2n) is 5.22. The van der Waals surface area contributed by atoms with E-state index in [0.717, 1.165) is 6.42 Å². The molecule has 4 atom stereocenters. The molecule has 2 bridgehead atoms.